The van der Waals surface area contributed by atoms with E-state index in [1.54, 1.807) is 0 Å². The van der Waals surface area contributed by atoms with Gasteiger partial charge in [-0.15, -0.1) is 0 Å². The Morgan fingerprint density at radius 2 is 1.95 bits per heavy atom. The van der Waals surface area contributed by atoms with E-state index in [1.807, 2.05) is 0 Å². The Labute approximate surface area is 112 Å². The molecule has 19 heavy (non-hydrogen) atoms. The lowest BCUT2D eigenvalue weighted by Crippen LogP contribution is -2.25. The number of hydrogen-bond donors (Lipinski definition) is 1. The van der Waals surface area contributed by atoms with Crippen LogP contribution in [0.1, 0.15) is 6.92 Å². The van der Waals surface area contributed by atoms with Gasteiger partial charge in [0.1, 0.15) is 5.75 Å². The van der Waals surface area contributed by atoms with Crippen molar-refractivity contribution in [2.24, 2.45) is 0 Å². The maximum Gasteiger partial charge on any atom is 0.264 e. The number of amides is 1. The number of hydroxylamine groups is 1. The molecule has 0 radical (unpaired) electrons. The van der Waals surface area contributed by atoms with Crippen molar-refractivity contribution in [3.8, 4) is 5.75 Å². The first-order valence-corrected chi connectivity index (χ1v) is 6.75. The summed E-state index contributed by atoms with van der Waals surface area (Å²) in [6.45, 7) is 1.32. The van der Waals surface area contributed by atoms with Crippen molar-refractivity contribution in [3.63, 3.8) is 0 Å². The summed E-state index contributed by atoms with van der Waals surface area (Å²) in [7, 11) is 0.180. The zero-order valence-corrected chi connectivity index (χ0v) is 11.9. The lowest BCUT2D eigenvalue weighted by Gasteiger charge is -2.16. The second-order valence-electron chi connectivity index (χ2n) is 3.64. The third-order valence-electron chi connectivity index (χ3n) is 2.38. The van der Waals surface area contributed by atoms with Crippen molar-refractivity contribution in [1.29, 1.82) is 0 Å². The van der Waals surface area contributed by atoms with Crippen LogP contribution in [0.25, 0.3) is 0 Å². The number of sulfonamides is 1. The van der Waals surface area contributed by atoms with E-state index in [-0.39, 0.29) is 16.5 Å². The number of nitrogens with one attached hydrogen (secondary N) is 1. The van der Waals surface area contributed by atoms with Crippen LogP contribution in [0.3, 0.4) is 0 Å². The number of anilines is 1. The van der Waals surface area contributed by atoms with Crippen LogP contribution in [-0.2, 0) is 19.7 Å². The van der Waals surface area contributed by atoms with E-state index < -0.39 is 10.0 Å². The van der Waals surface area contributed by atoms with Gasteiger partial charge >= 0.3 is 0 Å². The van der Waals surface area contributed by atoms with E-state index in [9.17, 15) is 13.2 Å². The minimum Gasteiger partial charge on any atom is -0.495 e. The molecule has 0 aliphatic rings. The molecular weight excluding hydrogens is 272 g/mol. The molecule has 7 nitrogen and oxygen atoms in total. The Balaban J connectivity index is 3.29. The number of carbonyl (C=O) groups excluding carboxylic acids is 1. The smallest absolute Gasteiger partial charge is 0.264 e. The van der Waals surface area contributed by atoms with Crippen LogP contribution in [0.4, 0.5) is 5.69 Å². The Morgan fingerprint density at radius 1 is 1.32 bits per heavy atom. The van der Waals surface area contributed by atoms with Crippen LogP contribution in [0.2, 0.25) is 0 Å². The summed E-state index contributed by atoms with van der Waals surface area (Å²) in [5.74, 6) is 0.0437. The molecular formula is C11H16N2O5S. The van der Waals surface area contributed by atoms with Gasteiger partial charge in [0.05, 0.1) is 24.8 Å². The Kier molecular flexibility index (Phi) is 4.87. The Bertz CT molecular complexity index is 570. The topological polar surface area (TPSA) is 84.9 Å². The van der Waals surface area contributed by atoms with Crippen LogP contribution in [0.15, 0.2) is 23.1 Å². The molecule has 1 aromatic carbocycles. The first-order valence-electron chi connectivity index (χ1n) is 5.31. The molecule has 0 aliphatic heterocycles. The lowest BCUT2D eigenvalue weighted by atomic mass is 10.3. The maximum atomic E-state index is 12.0. The summed E-state index contributed by atoms with van der Waals surface area (Å²) < 4.78 is 29.9. The van der Waals surface area contributed by atoms with Gasteiger partial charge in [0, 0.05) is 14.0 Å². The number of methoxy groups -OCH3 is 1. The van der Waals surface area contributed by atoms with Gasteiger partial charge in [-0.2, -0.15) is 0 Å². The molecule has 1 aromatic rings. The van der Waals surface area contributed by atoms with Crippen LogP contribution in [0.5, 0.6) is 5.75 Å². The Morgan fingerprint density at radius 3 is 2.42 bits per heavy atom. The number of rotatable bonds is 5. The summed E-state index contributed by atoms with van der Waals surface area (Å²) in [5, 5.41) is 2.51. The second kappa shape index (κ2) is 6.00. The molecule has 1 N–H and O–H groups in total. The monoisotopic (exact) mass is 288 g/mol. The molecule has 0 atom stereocenters. The predicted molar refractivity (Wildman–Crippen MR) is 69.3 cm³/mol. The molecule has 8 heteroatoms. The maximum absolute atomic E-state index is 12.0. The van der Waals surface area contributed by atoms with Crippen LogP contribution in [-0.4, -0.2) is 40.1 Å². The quantitative estimate of drug-likeness (QED) is 0.811. The minimum atomic E-state index is -3.77. The first-order chi connectivity index (χ1) is 8.82. The largest absolute Gasteiger partial charge is 0.495 e. The molecule has 1 amide bonds. The summed E-state index contributed by atoms with van der Waals surface area (Å²) in [6, 6.07) is 4.14. The van der Waals surface area contributed by atoms with Gasteiger partial charge in [-0.3, -0.25) is 9.63 Å². The van der Waals surface area contributed by atoms with Crippen molar-refractivity contribution in [2.45, 2.75) is 11.8 Å². The molecule has 0 fully saturated rings. The highest BCUT2D eigenvalue weighted by Crippen LogP contribution is 2.28. The SMILES string of the molecule is COc1ccc(S(=O)(=O)N(C)OC)cc1NC(C)=O. The first kappa shape index (κ1) is 15.4. The van der Waals surface area contributed by atoms with E-state index in [4.69, 9.17) is 4.74 Å². The average molecular weight is 288 g/mol. The van der Waals surface area contributed by atoms with E-state index in [0.717, 1.165) is 4.47 Å². The molecule has 0 saturated heterocycles. The van der Waals surface area contributed by atoms with Gasteiger partial charge in [-0.05, 0) is 18.2 Å². The van der Waals surface area contributed by atoms with Gasteiger partial charge in [0.15, 0.2) is 0 Å². The van der Waals surface area contributed by atoms with Crippen molar-refractivity contribution >= 4 is 21.6 Å². The predicted octanol–water partition coefficient (Wildman–Crippen LogP) is 0.835. The molecule has 0 heterocycles. The third-order valence-corrected chi connectivity index (χ3v) is 4.05. The molecule has 0 saturated carbocycles. The summed E-state index contributed by atoms with van der Waals surface area (Å²) in [6.07, 6.45) is 0. The van der Waals surface area contributed by atoms with Gasteiger partial charge < -0.3 is 10.1 Å². The van der Waals surface area contributed by atoms with Gasteiger partial charge in [0.2, 0.25) is 5.91 Å². The molecule has 1 rings (SSSR count). The van der Waals surface area contributed by atoms with Crippen molar-refractivity contribution < 1.29 is 22.8 Å². The van der Waals surface area contributed by atoms with E-state index in [2.05, 4.69) is 10.2 Å². The van der Waals surface area contributed by atoms with Crippen LogP contribution in [0, 0.1) is 0 Å². The summed E-state index contributed by atoms with van der Waals surface area (Å²) in [5.41, 5.74) is 0.278. The zero-order valence-electron chi connectivity index (χ0n) is 11.1. The average Bonchev–Trinajstić information content (AvgIpc) is 2.36. The normalized spacial score (nSPS) is 11.4. The van der Waals surface area contributed by atoms with Crippen LogP contribution >= 0.6 is 0 Å². The fourth-order valence-electron chi connectivity index (χ4n) is 1.38. The molecule has 0 aromatic heterocycles. The summed E-state index contributed by atoms with van der Waals surface area (Å²) >= 11 is 0. The highest BCUT2D eigenvalue weighted by molar-refractivity contribution is 7.89. The zero-order chi connectivity index (χ0) is 14.6. The van der Waals surface area contributed by atoms with Gasteiger partial charge in [-0.25, -0.2) is 8.42 Å². The molecule has 0 spiro atoms. The van der Waals surface area contributed by atoms with Crippen molar-refractivity contribution in [1.82, 2.24) is 4.47 Å². The number of nitrogens with zero attached hydrogens (tertiary/aromatic N) is 1. The molecule has 106 valence electrons. The fourth-order valence-corrected chi connectivity index (χ4v) is 2.38. The summed E-state index contributed by atoms with van der Waals surface area (Å²) in [4.78, 5) is 15.7. The number of carbonyl (C=O) groups is 1. The Hall–Kier alpha value is -1.64. The van der Waals surface area contributed by atoms with E-state index in [0.29, 0.717) is 5.75 Å². The molecule has 0 unspecified atom stereocenters. The van der Waals surface area contributed by atoms with Gasteiger partial charge in [-0.1, -0.05) is 4.47 Å². The lowest BCUT2D eigenvalue weighted by molar-refractivity contribution is -0.114. The van der Waals surface area contributed by atoms with Gasteiger partial charge in [0.25, 0.3) is 10.0 Å². The standard InChI is InChI=1S/C11H16N2O5S/c1-8(14)12-10-7-9(5-6-11(10)17-3)19(15,16)13(2)18-4/h5-7H,1-4H3,(H,12,14). The fraction of sp³-hybridized carbons (Fsp3) is 0.364. The molecule has 0 bridgehead atoms. The van der Waals surface area contributed by atoms with Crippen molar-refractivity contribution in [2.75, 3.05) is 26.6 Å². The van der Waals surface area contributed by atoms with Crippen LogP contribution < -0.4 is 10.1 Å². The third kappa shape index (κ3) is 3.43. The highest BCUT2D eigenvalue weighted by Gasteiger charge is 2.22. The van der Waals surface area contributed by atoms with E-state index in [1.165, 1.54) is 46.4 Å². The number of benzene rings is 1. The number of hydrogen-bond acceptors (Lipinski definition) is 5. The highest BCUT2D eigenvalue weighted by atomic mass is 32.2. The molecule has 0 aliphatic carbocycles. The second-order valence-corrected chi connectivity index (χ2v) is 5.58. The van der Waals surface area contributed by atoms with Crippen molar-refractivity contribution in [3.05, 3.63) is 18.2 Å². The van der Waals surface area contributed by atoms with E-state index >= 15 is 0 Å². The number of ether oxygens (including phenoxy) is 1. The minimum absolute atomic E-state index is 0.0126.